The number of para-hydroxylation sites is 1. The normalized spacial score (nSPS) is 12.2. The minimum atomic E-state index is -0.617. The molecule has 0 aromatic heterocycles. The smallest absolute Gasteiger partial charge is 0.408 e. The quantitative estimate of drug-likeness (QED) is 0.818. The van der Waals surface area contributed by atoms with Gasteiger partial charge in [0, 0.05) is 12.0 Å². The first-order valence-corrected chi connectivity index (χ1v) is 6.96. The molecule has 0 spiro atoms. The minimum absolute atomic E-state index is 0.1000. The first kappa shape index (κ1) is 17.8. The molecule has 0 saturated heterocycles. The zero-order chi connectivity index (χ0) is 16.8. The Labute approximate surface area is 130 Å². The molecule has 0 unspecified atom stereocenters. The van der Waals surface area contributed by atoms with E-state index in [0.29, 0.717) is 17.1 Å². The maximum Gasteiger partial charge on any atom is 0.408 e. The lowest BCUT2D eigenvalue weighted by Crippen LogP contribution is -2.35. The molecular formula is C16H23NO5. The lowest BCUT2D eigenvalue weighted by atomic mass is 10.0. The van der Waals surface area contributed by atoms with Gasteiger partial charge in [0.1, 0.15) is 11.9 Å². The van der Waals surface area contributed by atoms with Crippen molar-refractivity contribution in [1.29, 1.82) is 0 Å². The van der Waals surface area contributed by atoms with Gasteiger partial charge in [0.15, 0.2) is 11.5 Å². The molecule has 1 aromatic rings. The van der Waals surface area contributed by atoms with Crippen LogP contribution < -0.4 is 14.8 Å². The topological polar surface area (TPSA) is 73.9 Å². The third kappa shape index (κ3) is 4.95. The number of hydrogen-bond donors (Lipinski definition) is 1. The number of carbonyl (C=O) groups excluding carboxylic acids is 2. The van der Waals surface area contributed by atoms with Crippen LogP contribution in [0.5, 0.6) is 11.5 Å². The standard InChI is InChI=1S/C16H23NO5/c1-16(2,3)22-15(19)17-12(9-10-18)11-7-6-8-13(20-4)14(11)21-5/h6-8,10,12H,9H2,1-5H3,(H,17,19)/t12-/m0/s1. The summed E-state index contributed by atoms with van der Waals surface area (Å²) in [7, 11) is 3.03. The molecule has 0 aliphatic rings. The van der Waals surface area contributed by atoms with Gasteiger partial charge in [-0.15, -0.1) is 0 Å². The summed E-state index contributed by atoms with van der Waals surface area (Å²) >= 11 is 0. The molecule has 1 rings (SSSR count). The molecule has 0 radical (unpaired) electrons. The summed E-state index contributed by atoms with van der Waals surface area (Å²) < 4.78 is 15.8. The van der Waals surface area contributed by atoms with E-state index in [-0.39, 0.29) is 6.42 Å². The van der Waals surface area contributed by atoms with Gasteiger partial charge in [-0.1, -0.05) is 12.1 Å². The zero-order valence-corrected chi connectivity index (χ0v) is 13.6. The molecule has 1 atom stereocenters. The number of nitrogens with one attached hydrogen (secondary N) is 1. The van der Waals surface area contributed by atoms with Gasteiger partial charge >= 0.3 is 6.09 Å². The van der Waals surface area contributed by atoms with Gasteiger partial charge in [-0.2, -0.15) is 0 Å². The van der Waals surface area contributed by atoms with Gasteiger partial charge in [0.2, 0.25) is 0 Å². The van der Waals surface area contributed by atoms with E-state index in [4.69, 9.17) is 14.2 Å². The van der Waals surface area contributed by atoms with E-state index in [9.17, 15) is 9.59 Å². The van der Waals surface area contributed by atoms with Crippen LogP contribution in [0.3, 0.4) is 0 Å². The molecule has 1 aromatic carbocycles. The van der Waals surface area contributed by atoms with Gasteiger partial charge in [0.05, 0.1) is 20.3 Å². The number of hydrogen-bond acceptors (Lipinski definition) is 5. The summed E-state index contributed by atoms with van der Waals surface area (Å²) in [4.78, 5) is 22.9. The van der Waals surface area contributed by atoms with Crippen LogP contribution in [0.15, 0.2) is 18.2 Å². The molecule has 122 valence electrons. The maximum absolute atomic E-state index is 12.0. The van der Waals surface area contributed by atoms with Crippen LogP contribution in [0.25, 0.3) is 0 Å². The molecule has 1 N–H and O–H groups in total. The fraction of sp³-hybridized carbons (Fsp3) is 0.500. The van der Waals surface area contributed by atoms with Gasteiger partial charge in [0.25, 0.3) is 0 Å². The van der Waals surface area contributed by atoms with E-state index in [2.05, 4.69) is 5.32 Å². The fourth-order valence-electron chi connectivity index (χ4n) is 2.00. The molecule has 0 fully saturated rings. The van der Waals surface area contributed by atoms with Crippen molar-refractivity contribution in [3.63, 3.8) is 0 Å². The van der Waals surface area contributed by atoms with Crippen LogP contribution >= 0.6 is 0 Å². The molecule has 1 amide bonds. The molecule has 6 heteroatoms. The Morgan fingerprint density at radius 1 is 1.27 bits per heavy atom. The van der Waals surface area contributed by atoms with Crippen molar-refractivity contribution in [2.45, 2.75) is 38.8 Å². The van der Waals surface area contributed by atoms with Crippen molar-refractivity contribution >= 4 is 12.4 Å². The molecule has 6 nitrogen and oxygen atoms in total. The van der Waals surface area contributed by atoms with E-state index in [1.165, 1.54) is 14.2 Å². The highest BCUT2D eigenvalue weighted by molar-refractivity contribution is 5.70. The second kappa shape index (κ2) is 7.68. The van der Waals surface area contributed by atoms with Gasteiger partial charge < -0.3 is 24.3 Å². The van der Waals surface area contributed by atoms with Gasteiger partial charge in [-0.25, -0.2) is 4.79 Å². The third-order valence-corrected chi connectivity index (χ3v) is 2.83. The van der Waals surface area contributed by atoms with E-state index in [1.54, 1.807) is 39.0 Å². The minimum Gasteiger partial charge on any atom is -0.493 e. The second-order valence-electron chi connectivity index (χ2n) is 5.68. The average Bonchev–Trinajstić information content (AvgIpc) is 2.43. The lowest BCUT2D eigenvalue weighted by Gasteiger charge is -2.24. The van der Waals surface area contributed by atoms with Gasteiger partial charge in [-0.05, 0) is 26.8 Å². The summed E-state index contributed by atoms with van der Waals surface area (Å²) in [5.41, 5.74) is 0.0358. The van der Waals surface area contributed by atoms with Crippen LogP contribution in [0.1, 0.15) is 38.8 Å². The number of methoxy groups -OCH3 is 2. The van der Waals surface area contributed by atoms with E-state index in [0.717, 1.165) is 6.29 Å². The van der Waals surface area contributed by atoms with E-state index >= 15 is 0 Å². The highest BCUT2D eigenvalue weighted by Crippen LogP contribution is 2.35. The Morgan fingerprint density at radius 3 is 2.45 bits per heavy atom. The van der Waals surface area contributed by atoms with Crippen molar-refractivity contribution in [1.82, 2.24) is 5.32 Å². The monoisotopic (exact) mass is 309 g/mol. The van der Waals surface area contributed by atoms with Gasteiger partial charge in [-0.3, -0.25) is 0 Å². The SMILES string of the molecule is COc1cccc([C@H](CC=O)NC(=O)OC(C)(C)C)c1OC. The summed E-state index contributed by atoms with van der Waals surface area (Å²) in [6, 6.07) is 4.73. The fourth-order valence-corrected chi connectivity index (χ4v) is 2.00. The number of amides is 1. The number of aldehydes is 1. The average molecular weight is 309 g/mol. The predicted octanol–water partition coefficient (Wildman–Crippen LogP) is 2.86. The van der Waals surface area contributed by atoms with Crippen molar-refractivity contribution in [2.24, 2.45) is 0 Å². The molecule has 0 bridgehead atoms. The lowest BCUT2D eigenvalue weighted by molar-refractivity contribution is -0.108. The molecule has 0 saturated carbocycles. The molecule has 0 aliphatic carbocycles. The number of ether oxygens (including phenoxy) is 3. The summed E-state index contributed by atoms with van der Waals surface area (Å²) in [6.45, 7) is 5.31. The highest BCUT2D eigenvalue weighted by Gasteiger charge is 2.23. The van der Waals surface area contributed by atoms with Crippen LogP contribution in [0.2, 0.25) is 0 Å². The molecule has 22 heavy (non-hydrogen) atoms. The Kier molecular flexibility index (Phi) is 6.22. The Balaban J connectivity index is 3.05. The van der Waals surface area contributed by atoms with Crippen LogP contribution in [0.4, 0.5) is 4.79 Å². The largest absolute Gasteiger partial charge is 0.493 e. The number of benzene rings is 1. The maximum atomic E-state index is 12.0. The van der Waals surface area contributed by atoms with Crippen molar-refractivity contribution in [2.75, 3.05) is 14.2 Å². The van der Waals surface area contributed by atoms with Crippen LogP contribution in [-0.4, -0.2) is 32.2 Å². The van der Waals surface area contributed by atoms with E-state index in [1.807, 2.05) is 0 Å². The first-order chi connectivity index (χ1) is 10.3. The summed E-state index contributed by atoms with van der Waals surface area (Å²) in [6.07, 6.45) is 0.244. The third-order valence-electron chi connectivity index (χ3n) is 2.83. The second-order valence-corrected chi connectivity index (χ2v) is 5.68. The highest BCUT2D eigenvalue weighted by atomic mass is 16.6. The molecular weight excluding hydrogens is 286 g/mol. The number of rotatable bonds is 6. The Bertz CT molecular complexity index is 522. The van der Waals surface area contributed by atoms with Crippen LogP contribution in [0, 0.1) is 0 Å². The van der Waals surface area contributed by atoms with E-state index < -0.39 is 17.7 Å². The molecule has 0 heterocycles. The zero-order valence-electron chi connectivity index (χ0n) is 13.6. The van der Waals surface area contributed by atoms with Crippen molar-refractivity contribution in [3.8, 4) is 11.5 Å². The van der Waals surface area contributed by atoms with Crippen molar-refractivity contribution in [3.05, 3.63) is 23.8 Å². The Hall–Kier alpha value is -2.24. The van der Waals surface area contributed by atoms with Crippen molar-refractivity contribution < 1.29 is 23.8 Å². The summed E-state index contributed by atoms with van der Waals surface area (Å²) in [5, 5.41) is 2.69. The number of alkyl carbamates (subject to hydrolysis) is 1. The predicted molar refractivity (Wildman–Crippen MR) is 82.3 cm³/mol. The Morgan fingerprint density at radius 2 is 1.95 bits per heavy atom. The number of carbonyl (C=O) groups is 2. The summed E-state index contributed by atoms with van der Waals surface area (Å²) in [5.74, 6) is 1.01. The van der Waals surface area contributed by atoms with Crippen LogP contribution in [-0.2, 0) is 9.53 Å². The first-order valence-electron chi connectivity index (χ1n) is 6.96. The molecule has 0 aliphatic heterocycles.